The molecule has 0 unspecified atom stereocenters. The van der Waals surface area contributed by atoms with Crippen molar-refractivity contribution in [3.05, 3.63) is 53.6 Å². The Kier molecular flexibility index (Phi) is 3.87. The average Bonchev–Trinajstić information content (AvgIpc) is 2.47. The Labute approximate surface area is 123 Å². The maximum absolute atomic E-state index is 12.7. The first-order chi connectivity index (χ1) is 9.86. The summed E-state index contributed by atoms with van der Waals surface area (Å²) < 4.78 is 26.4. The van der Waals surface area contributed by atoms with Crippen LogP contribution in [0.4, 0.5) is 5.69 Å². The first-order valence-corrected chi connectivity index (χ1v) is 7.59. The quantitative estimate of drug-likeness (QED) is 0.944. The Morgan fingerprint density at radius 3 is 2.33 bits per heavy atom. The molecule has 0 radical (unpaired) electrons. The van der Waals surface area contributed by atoms with Gasteiger partial charge in [-0.15, -0.1) is 0 Å². The van der Waals surface area contributed by atoms with E-state index in [9.17, 15) is 13.5 Å². The number of anilines is 1. The minimum atomic E-state index is -3.77. The molecule has 0 fully saturated rings. The van der Waals surface area contributed by atoms with Gasteiger partial charge in [0.1, 0.15) is 5.75 Å². The van der Waals surface area contributed by atoms with E-state index in [0.717, 1.165) is 4.31 Å². The van der Waals surface area contributed by atoms with Crippen LogP contribution < -0.4 is 4.31 Å². The first kappa shape index (κ1) is 14.9. The lowest BCUT2D eigenvalue weighted by Crippen LogP contribution is -2.27. The number of benzene rings is 2. The van der Waals surface area contributed by atoms with Crippen LogP contribution in [-0.2, 0) is 10.0 Å². The Hall–Kier alpha value is -2.52. The molecular weight excluding hydrogens is 288 g/mol. The van der Waals surface area contributed by atoms with Crippen LogP contribution in [0.15, 0.2) is 47.4 Å². The molecule has 0 heterocycles. The van der Waals surface area contributed by atoms with E-state index in [1.54, 1.807) is 19.1 Å². The van der Waals surface area contributed by atoms with E-state index in [0.29, 0.717) is 16.8 Å². The number of hydrogen-bond donors (Lipinski definition) is 1. The summed E-state index contributed by atoms with van der Waals surface area (Å²) in [4.78, 5) is 0.0946. The Balaban J connectivity index is 2.51. The second kappa shape index (κ2) is 5.46. The van der Waals surface area contributed by atoms with E-state index >= 15 is 0 Å². The molecule has 5 nitrogen and oxygen atoms in total. The van der Waals surface area contributed by atoms with Gasteiger partial charge in [0.2, 0.25) is 0 Å². The van der Waals surface area contributed by atoms with E-state index in [-0.39, 0.29) is 10.6 Å². The third-order valence-electron chi connectivity index (χ3n) is 3.17. The summed E-state index contributed by atoms with van der Waals surface area (Å²) in [6.07, 6.45) is 0. The summed E-state index contributed by atoms with van der Waals surface area (Å²) in [5, 5.41) is 18.2. The molecule has 2 aromatic rings. The van der Waals surface area contributed by atoms with Crippen LogP contribution in [0, 0.1) is 18.3 Å². The summed E-state index contributed by atoms with van der Waals surface area (Å²) in [6.45, 7) is 1.68. The summed E-state index contributed by atoms with van der Waals surface area (Å²) in [5.74, 6) is 0.0622. The summed E-state index contributed by atoms with van der Waals surface area (Å²) in [5.41, 5.74) is 1.28. The summed E-state index contributed by atoms with van der Waals surface area (Å²) >= 11 is 0. The molecular formula is C15H14N2O3S. The van der Waals surface area contributed by atoms with Crippen LogP contribution in [0.25, 0.3) is 0 Å². The minimum absolute atomic E-state index is 0.0622. The number of nitrogens with zero attached hydrogens (tertiary/aromatic N) is 2. The average molecular weight is 302 g/mol. The van der Waals surface area contributed by atoms with E-state index in [1.165, 1.54) is 37.4 Å². The van der Waals surface area contributed by atoms with Gasteiger partial charge in [0.05, 0.1) is 22.2 Å². The molecule has 0 amide bonds. The highest BCUT2D eigenvalue weighted by Crippen LogP contribution is 2.26. The van der Waals surface area contributed by atoms with E-state index in [2.05, 4.69) is 0 Å². The highest BCUT2D eigenvalue weighted by atomic mass is 32.2. The maximum Gasteiger partial charge on any atom is 0.264 e. The molecule has 0 aromatic heterocycles. The molecule has 0 saturated carbocycles. The van der Waals surface area contributed by atoms with Crippen molar-refractivity contribution in [1.82, 2.24) is 0 Å². The van der Waals surface area contributed by atoms with Gasteiger partial charge >= 0.3 is 0 Å². The number of hydrogen-bond acceptors (Lipinski definition) is 4. The summed E-state index contributed by atoms with van der Waals surface area (Å²) in [7, 11) is -2.34. The molecule has 0 saturated heterocycles. The lowest BCUT2D eigenvalue weighted by Gasteiger charge is -2.20. The number of nitriles is 1. The second-order valence-electron chi connectivity index (χ2n) is 4.58. The zero-order valence-corrected chi connectivity index (χ0v) is 12.4. The third kappa shape index (κ3) is 2.83. The van der Waals surface area contributed by atoms with Crippen LogP contribution in [0.1, 0.15) is 11.1 Å². The van der Waals surface area contributed by atoms with Gasteiger partial charge in [-0.05, 0) is 48.9 Å². The van der Waals surface area contributed by atoms with Gasteiger partial charge in [-0.3, -0.25) is 4.31 Å². The molecule has 1 N–H and O–H groups in total. The smallest absolute Gasteiger partial charge is 0.264 e. The maximum atomic E-state index is 12.7. The van der Waals surface area contributed by atoms with Gasteiger partial charge in [0, 0.05) is 7.05 Å². The monoisotopic (exact) mass is 302 g/mol. The molecule has 21 heavy (non-hydrogen) atoms. The Bertz CT molecular complexity index is 806. The van der Waals surface area contributed by atoms with Crippen LogP contribution in [0.3, 0.4) is 0 Å². The predicted molar refractivity (Wildman–Crippen MR) is 79.6 cm³/mol. The van der Waals surface area contributed by atoms with Crippen molar-refractivity contribution in [3.8, 4) is 11.8 Å². The minimum Gasteiger partial charge on any atom is -0.508 e. The number of sulfonamides is 1. The fourth-order valence-corrected chi connectivity index (χ4v) is 3.34. The zero-order valence-electron chi connectivity index (χ0n) is 11.6. The van der Waals surface area contributed by atoms with Crippen molar-refractivity contribution < 1.29 is 13.5 Å². The van der Waals surface area contributed by atoms with Crippen molar-refractivity contribution in [2.45, 2.75) is 11.8 Å². The fourth-order valence-electron chi connectivity index (χ4n) is 1.90. The number of aryl methyl sites for hydroxylation is 1. The van der Waals surface area contributed by atoms with Crippen LogP contribution in [0.2, 0.25) is 0 Å². The van der Waals surface area contributed by atoms with Gasteiger partial charge in [0.15, 0.2) is 0 Å². The number of phenolic OH excluding ortho intramolecular Hbond substituents is 1. The molecule has 0 spiro atoms. The van der Waals surface area contributed by atoms with E-state index < -0.39 is 10.0 Å². The van der Waals surface area contributed by atoms with Crippen molar-refractivity contribution in [2.75, 3.05) is 11.4 Å². The Morgan fingerprint density at radius 2 is 1.76 bits per heavy atom. The van der Waals surface area contributed by atoms with Crippen LogP contribution in [0.5, 0.6) is 5.75 Å². The molecule has 0 aliphatic carbocycles. The molecule has 108 valence electrons. The normalized spacial score (nSPS) is 10.9. The summed E-state index contributed by atoms with van der Waals surface area (Å²) in [6, 6.07) is 12.3. The number of phenols is 1. The van der Waals surface area contributed by atoms with Gasteiger partial charge in [-0.1, -0.05) is 6.07 Å². The Morgan fingerprint density at radius 1 is 1.14 bits per heavy atom. The topological polar surface area (TPSA) is 81.4 Å². The second-order valence-corrected chi connectivity index (χ2v) is 6.52. The number of rotatable bonds is 3. The van der Waals surface area contributed by atoms with Crippen molar-refractivity contribution in [1.29, 1.82) is 5.26 Å². The van der Waals surface area contributed by atoms with Gasteiger partial charge < -0.3 is 5.11 Å². The molecule has 2 rings (SSSR count). The van der Waals surface area contributed by atoms with Crippen molar-refractivity contribution in [3.63, 3.8) is 0 Å². The van der Waals surface area contributed by atoms with Gasteiger partial charge in [-0.2, -0.15) is 5.26 Å². The van der Waals surface area contributed by atoms with E-state index in [1.807, 2.05) is 6.07 Å². The SMILES string of the molecule is Cc1ccc(C#N)cc1S(=O)(=O)N(C)c1ccc(O)cc1. The van der Waals surface area contributed by atoms with Crippen LogP contribution >= 0.6 is 0 Å². The zero-order chi connectivity index (χ0) is 15.6. The third-order valence-corrected chi connectivity index (χ3v) is 5.10. The molecule has 6 heteroatoms. The predicted octanol–water partition coefficient (Wildman–Crippen LogP) is 2.40. The van der Waals surface area contributed by atoms with Crippen molar-refractivity contribution in [2.24, 2.45) is 0 Å². The molecule has 0 bridgehead atoms. The van der Waals surface area contributed by atoms with Crippen LogP contribution in [-0.4, -0.2) is 20.6 Å². The molecule has 0 atom stereocenters. The first-order valence-electron chi connectivity index (χ1n) is 6.15. The van der Waals surface area contributed by atoms with E-state index in [4.69, 9.17) is 5.26 Å². The standard InChI is InChI=1S/C15H14N2O3S/c1-11-3-4-12(10-16)9-15(11)21(19,20)17(2)13-5-7-14(18)8-6-13/h3-9,18H,1-2H3. The lowest BCUT2D eigenvalue weighted by atomic mass is 10.2. The lowest BCUT2D eigenvalue weighted by molar-refractivity contribution is 0.475. The largest absolute Gasteiger partial charge is 0.508 e. The van der Waals surface area contributed by atoms with Gasteiger partial charge in [0.25, 0.3) is 10.0 Å². The highest BCUT2D eigenvalue weighted by molar-refractivity contribution is 7.92. The molecule has 2 aromatic carbocycles. The highest BCUT2D eigenvalue weighted by Gasteiger charge is 2.23. The number of aromatic hydroxyl groups is 1. The fraction of sp³-hybridized carbons (Fsp3) is 0.133. The molecule has 0 aliphatic heterocycles. The molecule has 0 aliphatic rings. The van der Waals surface area contributed by atoms with Crippen molar-refractivity contribution >= 4 is 15.7 Å². The van der Waals surface area contributed by atoms with Gasteiger partial charge in [-0.25, -0.2) is 8.42 Å².